The SMILES string of the molecule is CC.CN=C(C)C(=C(C)C)c1cc2ncc3c(c2cc1OC)n(C)c(=O)n3C(C)c1cnn(C)c1. The number of ether oxygens (including phenoxy) is 1. The molecule has 0 aliphatic carbocycles. The zero-order valence-corrected chi connectivity index (χ0v) is 22.5. The van der Waals surface area contributed by atoms with Crippen molar-refractivity contribution < 1.29 is 4.74 Å². The molecule has 1 atom stereocenters. The second-order valence-corrected chi connectivity index (χ2v) is 8.58. The van der Waals surface area contributed by atoms with Crippen molar-refractivity contribution in [3.05, 3.63) is 57.9 Å². The lowest BCUT2D eigenvalue weighted by Gasteiger charge is -2.16. The fraction of sp³-hybridized carbons (Fsp3) is 0.407. The van der Waals surface area contributed by atoms with Crippen LogP contribution in [0.25, 0.3) is 27.5 Å². The Morgan fingerprint density at radius 2 is 1.80 bits per heavy atom. The number of rotatable bonds is 5. The van der Waals surface area contributed by atoms with Gasteiger partial charge < -0.3 is 4.74 Å². The van der Waals surface area contributed by atoms with Gasteiger partial charge in [0.05, 0.1) is 42.1 Å². The Bertz CT molecular complexity index is 1500. The molecule has 0 saturated carbocycles. The summed E-state index contributed by atoms with van der Waals surface area (Å²) in [6.07, 6.45) is 5.50. The Hall–Kier alpha value is -3.68. The van der Waals surface area contributed by atoms with E-state index in [1.807, 2.05) is 53.1 Å². The van der Waals surface area contributed by atoms with Gasteiger partial charge >= 0.3 is 5.69 Å². The Kier molecular flexibility index (Phi) is 7.63. The van der Waals surface area contributed by atoms with Crippen LogP contribution in [0.3, 0.4) is 0 Å². The van der Waals surface area contributed by atoms with Crippen molar-refractivity contribution in [3.63, 3.8) is 0 Å². The predicted molar refractivity (Wildman–Crippen MR) is 145 cm³/mol. The maximum atomic E-state index is 13.3. The lowest BCUT2D eigenvalue weighted by molar-refractivity contribution is 0.414. The van der Waals surface area contributed by atoms with Crippen LogP contribution >= 0.6 is 0 Å². The number of aryl methyl sites for hydroxylation is 2. The first kappa shape index (κ1) is 25.9. The summed E-state index contributed by atoms with van der Waals surface area (Å²) in [5.74, 6) is 0.719. The molecule has 3 aromatic heterocycles. The molecule has 4 rings (SSSR count). The highest BCUT2D eigenvalue weighted by Crippen LogP contribution is 2.36. The number of allylic oxidation sites excluding steroid dienone is 2. The minimum atomic E-state index is -0.184. The number of aromatic nitrogens is 5. The molecule has 3 heterocycles. The van der Waals surface area contributed by atoms with E-state index < -0.39 is 0 Å². The van der Waals surface area contributed by atoms with Gasteiger partial charge in [0, 0.05) is 55.1 Å². The third-order valence-corrected chi connectivity index (χ3v) is 6.29. The molecular formula is C27H36N6O2. The average Bonchev–Trinajstić information content (AvgIpc) is 3.40. The molecule has 8 heteroatoms. The number of hydrogen-bond acceptors (Lipinski definition) is 5. The molecule has 35 heavy (non-hydrogen) atoms. The van der Waals surface area contributed by atoms with Crippen LogP contribution in [-0.4, -0.2) is 43.8 Å². The van der Waals surface area contributed by atoms with Crippen molar-refractivity contribution in [2.45, 2.75) is 47.6 Å². The highest BCUT2D eigenvalue weighted by molar-refractivity contribution is 6.24. The van der Waals surface area contributed by atoms with Crippen LogP contribution in [-0.2, 0) is 14.1 Å². The van der Waals surface area contributed by atoms with E-state index in [1.165, 1.54) is 0 Å². The molecular weight excluding hydrogens is 440 g/mol. The van der Waals surface area contributed by atoms with Crippen molar-refractivity contribution in [1.29, 1.82) is 0 Å². The lowest BCUT2D eigenvalue weighted by Crippen LogP contribution is -2.25. The van der Waals surface area contributed by atoms with Gasteiger partial charge in [0.15, 0.2) is 0 Å². The van der Waals surface area contributed by atoms with E-state index in [-0.39, 0.29) is 11.7 Å². The number of fused-ring (bicyclic) bond motifs is 3. The topological polar surface area (TPSA) is 79.2 Å². The van der Waals surface area contributed by atoms with E-state index in [4.69, 9.17) is 9.72 Å². The van der Waals surface area contributed by atoms with E-state index in [2.05, 4.69) is 23.9 Å². The quantitative estimate of drug-likeness (QED) is 0.373. The molecule has 1 aromatic carbocycles. The van der Waals surface area contributed by atoms with Crippen LogP contribution in [0.2, 0.25) is 0 Å². The van der Waals surface area contributed by atoms with Crippen LogP contribution < -0.4 is 10.4 Å². The summed E-state index contributed by atoms with van der Waals surface area (Å²) in [5, 5.41) is 5.13. The minimum absolute atomic E-state index is 0.0994. The van der Waals surface area contributed by atoms with Gasteiger partial charge in [0.2, 0.25) is 0 Å². The molecule has 0 bridgehead atoms. The fourth-order valence-corrected chi connectivity index (χ4v) is 4.57. The molecule has 0 aliphatic heterocycles. The van der Waals surface area contributed by atoms with Crippen LogP contribution in [0.15, 0.2) is 46.1 Å². The predicted octanol–water partition coefficient (Wildman–Crippen LogP) is 5.15. The van der Waals surface area contributed by atoms with Crippen LogP contribution in [0.1, 0.15) is 58.7 Å². The standard InChI is InChI=1S/C25H30N6O2.C2H6/c1-14(2)23(15(3)26-5)19-9-20-18(10-22(19)33-8)24-21(12-27-20)31(25(32)30(24)7)16(4)17-11-28-29(6)13-17;1-2/h9-13,16H,1-8H3;1-2H3. The summed E-state index contributed by atoms with van der Waals surface area (Å²) in [4.78, 5) is 22.5. The fourth-order valence-electron chi connectivity index (χ4n) is 4.57. The molecule has 1 unspecified atom stereocenters. The highest BCUT2D eigenvalue weighted by Gasteiger charge is 2.22. The molecule has 8 nitrogen and oxygen atoms in total. The molecule has 4 aromatic rings. The second kappa shape index (κ2) is 10.3. The number of benzene rings is 1. The maximum Gasteiger partial charge on any atom is 0.329 e. The molecule has 0 radical (unpaired) electrons. The summed E-state index contributed by atoms with van der Waals surface area (Å²) >= 11 is 0. The summed E-state index contributed by atoms with van der Waals surface area (Å²) in [6.45, 7) is 12.1. The smallest absolute Gasteiger partial charge is 0.329 e. The van der Waals surface area contributed by atoms with Crippen LogP contribution in [0.5, 0.6) is 5.75 Å². The molecule has 0 N–H and O–H groups in total. The van der Waals surface area contributed by atoms with Gasteiger partial charge in [-0.1, -0.05) is 19.4 Å². The third kappa shape index (κ3) is 4.40. The molecule has 0 aliphatic rings. The highest BCUT2D eigenvalue weighted by atomic mass is 16.5. The Morgan fingerprint density at radius 1 is 1.11 bits per heavy atom. The van der Waals surface area contributed by atoms with E-state index in [0.29, 0.717) is 0 Å². The van der Waals surface area contributed by atoms with E-state index in [0.717, 1.165) is 55.7 Å². The Balaban J connectivity index is 0.00000167. The van der Waals surface area contributed by atoms with Gasteiger partial charge in [-0.15, -0.1) is 0 Å². The largest absolute Gasteiger partial charge is 0.496 e. The number of nitrogens with zero attached hydrogens (tertiary/aromatic N) is 6. The first-order valence-corrected chi connectivity index (χ1v) is 11.9. The first-order chi connectivity index (χ1) is 16.7. The maximum absolute atomic E-state index is 13.3. The van der Waals surface area contributed by atoms with Gasteiger partial charge in [0.1, 0.15) is 5.75 Å². The van der Waals surface area contributed by atoms with Gasteiger partial charge in [0.25, 0.3) is 0 Å². The van der Waals surface area contributed by atoms with E-state index in [9.17, 15) is 4.79 Å². The third-order valence-electron chi connectivity index (χ3n) is 6.29. The van der Waals surface area contributed by atoms with Crippen molar-refractivity contribution in [3.8, 4) is 5.75 Å². The number of imidazole rings is 1. The molecule has 0 saturated heterocycles. The molecule has 0 amide bonds. The van der Waals surface area contributed by atoms with E-state index in [1.54, 1.807) is 47.4 Å². The first-order valence-electron chi connectivity index (χ1n) is 11.9. The molecule has 0 fully saturated rings. The van der Waals surface area contributed by atoms with Crippen LogP contribution in [0.4, 0.5) is 0 Å². The molecule has 186 valence electrons. The normalized spacial score (nSPS) is 12.5. The zero-order chi connectivity index (χ0) is 26.0. The van der Waals surface area contributed by atoms with E-state index >= 15 is 0 Å². The van der Waals surface area contributed by atoms with Gasteiger partial charge in [-0.2, -0.15) is 5.10 Å². The second-order valence-electron chi connectivity index (χ2n) is 8.58. The summed E-state index contributed by atoms with van der Waals surface area (Å²) in [6, 6.07) is 3.82. The summed E-state index contributed by atoms with van der Waals surface area (Å²) in [5.41, 5.74) is 7.30. The van der Waals surface area contributed by atoms with Crippen molar-refractivity contribution in [1.82, 2.24) is 23.9 Å². The van der Waals surface area contributed by atoms with Gasteiger partial charge in [-0.05, 0) is 39.8 Å². The number of hydrogen-bond donors (Lipinski definition) is 0. The van der Waals surface area contributed by atoms with Gasteiger partial charge in [-0.25, -0.2) is 4.79 Å². The van der Waals surface area contributed by atoms with Crippen LogP contribution in [0, 0.1) is 0 Å². The lowest BCUT2D eigenvalue weighted by atomic mass is 9.95. The van der Waals surface area contributed by atoms with Gasteiger partial charge in [-0.3, -0.25) is 23.8 Å². The minimum Gasteiger partial charge on any atom is -0.496 e. The molecule has 0 spiro atoms. The Labute approximate surface area is 206 Å². The van der Waals surface area contributed by atoms with Crippen molar-refractivity contribution in [2.75, 3.05) is 14.2 Å². The zero-order valence-electron chi connectivity index (χ0n) is 22.5. The van der Waals surface area contributed by atoms with Crippen molar-refractivity contribution >= 4 is 33.2 Å². The summed E-state index contributed by atoms with van der Waals surface area (Å²) in [7, 11) is 7.11. The number of aliphatic imine (C=N–C) groups is 1. The number of pyridine rings is 1. The summed E-state index contributed by atoms with van der Waals surface area (Å²) < 4.78 is 11.0. The number of methoxy groups -OCH3 is 1. The van der Waals surface area contributed by atoms with Crippen molar-refractivity contribution in [2.24, 2.45) is 19.1 Å². The monoisotopic (exact) mass is 476 g/mol. The Morgan fingerprint density at radius 3 is 2.34 bits per heavy atom. The average molecular weight is 477 g/mol.